The topological polar surface area (TPSA) is 28.7 Å². The number of aryl methyl sites for hydroxylation is 1. The van der Waals surface area contributed by atoms with Gasteiger partial charge in [0.15, 0.2) is 0 Å². The Bertz CT molecular complexity index is 195. The van der Waals surface area contributed by atoms with Crippen LogP contribution in [0.2, 0.25) is 0 Å². The molecule has 1 aromatic rings. The van der Waals surface area contributed by atoms with Crippen molar-refractivity contribution in [3.63, 3.8) is 0 Å². The van der Waals surface area contributed by atoms with E-state index in [0.29, 0.717) is 0 Å². The monoisotopic (exact) mass is 156 g/mol. The predicted molar refractivity (Wildman–Crippen MR) is 45.2 cm³/mol. The lowest BCUT2D eigenvalue weighted by Crippen LogP contribution is -1.82. The Hall–Kier alpha value is -0.440. The minimum Gasteiger partial charge on any atom is -0.345 e. The second-order valence-corrected chi connectivity index (χ2v) is 3.01. The maximum atomic E-state index is 4.18. The van der Waals surface area contributed by atoms with Crippen LogP contribution < -0.4 is 0 Å². The molecule has 0 aliphatic rings. The van der Waals surface area contributed by atoms with E-state index in [-0.39, 0.29) is 0 Å². The van der Waals surface area contributed by atoms with E-state index in [1.165, 1.54) is 5.69 Å². The van der Waals surface area contributed by atoms with Gasteiger partial charge in [-0.25, -0.2) is 4.98 Å². The normalized spacial score (nSPS) is 10.2. The van der Waals surface area contributed by atoms with Crippen LogP contribution in [0.4, 0.5) is 0 Å². The Kier molecular flexibility index (Phi) is 2.81. The predicted octanol–water partition coefficient (Wildman–Crippen LogP) is 1.84. The fourth-order valence-electron chi connectivity index (χ4n) is 0.814. The van der Waals surface area contributed by atoms with Crippen molar-refractivity contribution in [2.24, 2.45) is 0 Å². The standard InChI is InChI=1S/C7H12N2S/c1-3-7-8-4-6(9-7)5-10-2/h4H,3,5H2,1-2H3,(H,8,9). The number of nitrogens with zero attached hydrogens (tertiary/aromatic N) is 1. The summed E-state index contributed by atoms with van der Waals surface area (Å²) in [4.78, 5) is 7.42. The number of rotatable bonds is 3. The highest BCUT2D eigenvalue weighted by Gasteiger charge is 1.95. The van der Waals surface area contributed by atoms with E-state index in [9.17, 15) is 0 Å². The van der Waals surface area contributed by atoms with Crippen molar-refractivity contribution in [1.82, 2.24) is 9.97 Å². The molecular weight excluding hydrogens is 144 g/mol. The van der Waals surface area contributed by atoms with Gasteiger partial charge in [0.1, 0.15) is 5.82 Å². The molecule has 0 aliphatic heterocycles. The SMILES string of the molecule is CCc1ncc(CSC)[nH]1. The quantitative estimate of drug-likeness (QED) is 0.723. The van der Waals surface area contributed by atoms with E-state index in [4.69, 9.17) is 0 Å². The largest absolute Gasteiger partial charge is 0.345 e. The lowest BCUT2D eigenvalue weighted by atomic mass is 10.5. The van der Waals surface area contributed by atoms with Gasteiger partial charge in [-0.05, 0) is 6.26 Å². The summed E-state index contributed by atoms with van der Waals surface area (Å²) in [5.74, 6) is 2.12. The van der Waals surface area contributed by atoms with Crippen molar-refractivity contribution in [3.8, 4) is 0 Å². The molecule has 1 N–H and O–H groups in total. The zero-order valence-corrected chi connectivity index (χ0v) is 7.16. The van der Waals surface area contributed by atoms with Crippen LogP contribution in [0, 0.1) is 0 Å². The number of aromatic nitrogens is 2. The first-order valence-electron chi connectivity index (χ1n) is 3.38. The molecule has 0 fully saturated rings. The molecule has 0 aliphatic carbocycles. The smallest absolute Gasteiger partial charge is 0.105 e. The highest BCUT2D eigenvalue weighted by Crippen LogP contribution is 2.05. The van der Waals surface area contributed by atoms with Gasteiger partial charge in [0.05, 0.1) is 0 Å². The zero-order valence-electron chi connectivity index (χ0n) is 6.35. The second kappa shape index (κ2) is 3.66. The van der Waals surface area contributed by atoms with Crippen molar-refractivity contribution in [2.45, 2.75) is 19.1 Å². The minimum absolute atomic E-state index is 0.994. The first-order valence-corrected chi connectivity index (χ1v) is 4.78. The molecule has 0 bridgehead atoms. The van der Waals surface area contributed by atoms with Gasteiger partial charge in [0, 0.05) is 24.1 Å². The second-order valence-electron chi connectivity index (χ2n) is 2.14. The lowest BCUT2D eigenvalue weighted by Gasteiger charge is -1.89. The van der Waals surface area contributed by atoms with Crippen LogP contribution in [-0.2, 0) is 12.2 Å². The van der Waals surface area contributed by atoms with Crippen molar-refractivity contribution >= 4 is 11.8 Å². The van der Waals surface area contributed by atoms with Crippen molar-refractivity contribution in [3.05, 3.63) is 17.7 Å². The summed E-state index contributed by atoms with van der Waals surface area (Å²) in [6.45, 7) is 2.10. The Morgan fingerprint density at radius 3 is 3.00 bits per heavy atom. The number of hydrogen-bond donors (Lipinski definition) is 1. The van der Waals surface area contributed by atoms with E-state index in [2.05, 4.69) is 23.1 Å². The molecule has 0 spiro atoms. The highest BCUT2D eigenvalue weighted by atomic mass is 32.2. The van der Waals surface area contributed by atoms with Crippen LogP contribution >= 0.6 is 11.8 Å². The van der Waals surface area contributed by atoms with Gasteiger partial charge in [-0.1, -0.05) is 6.92 Å². The van der Waals surface area contributed by atoms with Crippen LogP contribution in [0.1, 0.15) is 18.4 Å². The summed E-state index contributed by atoms with van der Waals surface area (Å²) < 4.78 is 0. The summed E-state index contributed by atoms with van der Waals surface area (Å²) in [7, 11) is 0. The third-order valence-electron chi connectivity index (χ3n) is 1.32. The van der Waals surface area contributed by atoms with Gasteiger partial charge in [-0.15, -0.1) is 0 Å². The summed E-state index contributed by atoms with van der Waals surface area (Å²) in [6, 6.07) is 0. The zero-order chi connectivity index (χ0) is 7.40. The molecule has 0 radical (unpaired) electrons. The molecule has 2 nitrogen and oxygen atoms in total. The fourth-order valence-corrected chi connectivity index (χ4v) is 1.27. The molecule has 0 atom stereocenters. The summed E-state index contributed by atoms with van der Waals surface area (Å²) in [5.41, 5.74) is 1.23. The molecule has 0 saturated heterocycles. The van der Waals surface area contributed by atoms with Crippen LogP contribution in [0.5, 0.6) is 0 Å². The molecule has 3 heteroatoms. The average molecular weight is 156 g/mol. The summed E-state index contributed by atoms with van der Waals surface area (Å²) in [6.07, 6.45) is 5.00. The van der Waals surface area contributed by atoms with Gasteiger partial charge >= 0.3 is 0 Å². The maximum absolute atomic E-state index is 4.18. The van der Waals surface area contributed by atoms with Crippen LogP contribution in [0.3, 0.4) is 0 Å². The maximum Gasteiger partial charge on any atom is 0.105 e. The number of H-pyrrole nitrogens is 1. The van der Waals surface area contributed by atoms with Gasteiger partial charge in [0.25, 0.3) is 0 Å². The summed E-state index contributed by atoms with van der Waals surface area (Å²) in [5, 5.41) is 0. The van der Waals surface area contributed by atoms with Crippen LogP contribution in [0.25, 0.3) is 0 Å². The molecule has 56 valence electrons. The molecule has 0 unspecified atom stereocenters. The first-order chi connectivity index (χ1) is 4.86. The van der Waals surface area contributed by atoms with Crippen LogP contribution in [0.15, 0.2) is 6.20 Å². The number of thioether (sulfide) groups is 1. The van der Waals surface area contributed by atoms with E-state index in [1.54, 1.807) is 0 Å². The van der Waals surface area contributed by atoms with Crippen LogP contribution in [-0.4, -0.2) is 16.2 Å². The van der Waals surface area contributed by atoms with Crippen molar-refractivity contribution in [1.29, 1.82) is 0 Å². The molecular formula is C7H12N2S. The third-order valence-corrected chi connectivity index (χ3v) is 1.92. The van der Waals surface area contributed by atoms with Gasteiger partial charge < -0.3 is 4.98 Å². The molecule has 1 aromatic heterocycles. The third kappa shape index (κ3) is 1.77. The number of aromatic amines is 1. The van der Waals surface area contributed by atoms with Crippen molar-refractivity contribution < 1.29 is 0 Å². The molecule has 0 aromatic carbocycles. The van der Waals surface area contributed by atoms with E-state index in [1.807, 2.05) is 18.0 Å². The van der Waals surface area contributed by atoms with Gasteiger partial charge in [0.2, 0.25) is 0 Å². The van der Waals surface area contributed by atoms with E-state index < -0.39 is 0 Å². The lowest BCUT2D eigenvalue weighted by molar-refractivity contribution is 0.980. The molecule has 0 amide bonds. The number of nitrogens with one attached hydrogen (secondary N) is 1. The Morgan fingerprint density at radius 1 is 1.70 bits per heavy atom. The van der Waals surface area contributed by atoms with E-state index in [0.717, 1.165) is 18.0 Å². The molecule has 1 rings (SSSR count). The first kappa shape index (κ1) is 7.66. The average Bonchev–Trinajstić information content (AvgIpc) is 2.37. The molecule has 0 saturated carbocycles. The minimum atomic E-state index is 0.994. The molecule has 1 heterocycles. The highest BCUT2D eigenvalue weighted by molar-refractivity contribution is 7.97. The Balaban J connectivity index is 2.59. The fraction of sp³-hybridized carbons (Fsp3) is 0.571. The molecule has 10 heavy (non-hydrogen) atoms. The van der Waals surface area contributed by atoms with E-state index >= 15 is 0 Å². The Labute approximate surface area is 65.4 Å². The van der Waals surface area contributed by atoms with Crippen molar-refractivity contribution in [2.75, 3.05) is 6.26 Å². The Morgan fingerprint density at radius 2 is 2.50 bits per heavy atom. The van der Waals surface area contributed by atoms with Gasteiger partial charge in [-0.3, -0.25) is 0 Å². The number of imidazole rings is 1. The summed E-state index contributed by atoms with van der Waals surface area (Å²) >= 11 is 1.81. The number of hydrogen-bond acceptors (Lipinski definition) is 2. The van der Waals surface area contributed by atoms with Gasteiger partial charge in [-0.2, -0.15) is 11.8 Å².